The van der Waals surface area contributed by atoms with Gasteiger partial charge in [-0.25, -0.2) is 0 Å². The average molecular weight is 143 g/mol. The molecule has 0 aromatic carbocycles. The normalized spacial score (nSPS) is 0. The molecule has 0 aromatic heterocycles. The molecule has 0 bridgehead atoms. The summed E-state index contributed by atoms with van der Waals surface area (Å²) in [4.78, 5) is 0. The zero-order valence-electron chi connectivity index (χ0n) is 2.15. The maximum Gasteiger partial charge on any atom is 0 e. The molecule has 0 spiro atoms. The number of hydrogen-bond donors (Lipinski definition) is 0. The molecule has 0 aliphatic carbocycles. The van der Waals surface area contributed by atoms with Crippen LogP contribution in [0.3, 0.4) is 0 Å². The Hall–Kier alpha value is 1.56. The van der Waals surface area contributed by atoms with E-state index in [0.29, 0.717) is 0 Å². The minimum Gasteiger partial charge on any atom is -0.412 e. The first-order valence-electron chi connectivity index (χ1n) is 0. The standard InChI is InChI=1S/Co.Li.Ni.H2O/h;;;1H2. The Bertz CT molecular complexity index is 8.00. The van der Waals surface area contributed by atoms with Gasteiger partial charge in [-0.1, -0.05) is 0 Å². The second kappa shape index (κ2) is 23.8. The predicted octanol–water partition coefficient (Wildman–Crippen LogP) is -1.21. The van der Waals surface area contributed by atoms with Crippen LogP contribution in [-0.4, -0.2) is 24.3 Å². The van der Waals surface area contributed by atoms with Crippen LogP contribution in [0.1, 0.15) is 0 Å². The minimum atomic E-state index is 0. The van der Waals surface area contributed by atoms with Gasteiger partial charge >= 0.3 is 0 Å². The van der Waals surface area contributed by atoms with E-state index in [2.05, 4.69) is 0 Å². The molecular weight excluding hydrogens is 141 g/mol. The molecule has 4 heavy (non-hydrogen) atoms. The van der Waals surface area contributed by atoms with E-state index in [0.717, 1.165) is 0 Å². The molecule has 0 amide bonds. The minimum absolute atomic E-state index is 0. The molecule has 0 aliphatic heterocycles. The van der Waals surface area contributed by atoms with Crippen LogP contribution in [0.25, 0.3) is 0 Å². The summed E-state index contributed by atoms with van der Waals surface area (Å²) >= 11 is 0. The zero-order chi connectivity index (χ0) is 0. The topological polar surface area (TPSA) is 31.5 Å². The van der Waals surface area contributed by atoms with Crippen LogP contribution in [-0.2, 0) is 33.3 Å². The molecule has 0 unspecified atom stereocenters. The Kier molecular flexibility index (Phi) is 283. The van der Waals surface area contributed by atoms with Crippen molar-refractivity contribution in [3.63, 3.8) is 0 Å². The van der Waals surface area contributed by atoms with Gasteiger partial charge in [0.25, 0.3) is 0 Å². The van der Waals surface area contributed by atoms with Gasteiger partial charge in [0.05, 0.1) is 0 Å². The van der Waals surface area contributed by atoms with E-state index in [4.69, 9.17) is 0 Å². The van der Waals surface area contributed by atoms with E-state index in [1.165, 1.54) is 0 Å². The van der Waals surface area contributed by atoms with E-state index in [1.54, 1.807) is 0 Å². The van der Waals surface area contributed by atoms with Crippen molar-refractivity contribution in [1.29, 1.82) is 0 Å². The summed E-state index contributed by atoms with van der Waals surface area (Å²) in [5.41, 5.74) is 0. The number of rotatable bonds is 0. The molecule has 2 N–H and O–H groups in total. The van der Waals surface area contributed by atoms with Crippen molar-refractivity contribution < 1.29 is 38.7 Å². The summed E-state index contributed by atoms with van der Waals surface area (Å²) in [5, 5.41) is 0. The van der Waals surface area contributed by atoms with E-state index in [-0.39, 0.29) is 57.6 Å². The third-order valence-corrected chi connectivity index (χ3v) is 0. The first-order valence-corrected chi connectivity index (χ1v) is 0. The fourth-order valence-electron chi connectivity index (χ4n) is 0. The molecule has 0 aliphatic rings. The van der Waals surface area contributed by atoms with E-state index >= 15 is 0 Å². The largest absolute Gasteiger partial charge is 0.412 e. The fourth-order valence-corrected chi connectivity index (χ4v) is 0. The summed E-state index contributed by atoms with van der Waals surface area (Å²) < 4.78 is 0. The third-order valence-electron chi connectivity index (χ3n) is 0. The smallest absolute Gasteiger partial charge is 0 e. The Morgan fingerprint density at radius 2 is 1.00 bits per heavy atom. The monoisotopic (exact) mass is 142 g/mol. The van der Waals surface area contributed by atoms with Crippen molar-refractivity contribution in [3.05, 3.63) is 0 Å². The maximum absolute atomic E-state index is 0. The van der Waals surface area contributed by atoms with Gasteiger partial charge in [0, 0.05) is 52.1 Å². The molecule has 28 valence electrons. The van der Waals surface area contributed by atoms with Gasteiger partial charge in [-0.2, -0.15) is 0 Å². The predicted molar refractivity (Wildman–Crippen MR) is 9.37 cm³/mol. The zero-order valence-corrected chi connectivity index (χ0v) is 4.18. The summed E-state index contributed by atoms with van der Waals surface area (Å²) in [6, 6.07) is 0. The molecule has 0 atom stereocenters. The first kappa shape index (κ1) is 47.6. The summed E-state index contributed by atoms with van der Waals surface area (Å²) in [7, 11) is 0. The summed E-state index contributed by atoms with van der Waals surface area (Å²) in [6.45, 7) is 0. The average Bonchev–Trinajstić information content (AvgIpc) is 0. The van der Waals surface area contributed by atoms with Crippen molar-refractivity contribution in [1.82, 2.24) is 0 Å². The molecule has 4 heteroatoms. The van der Waals surface area contributed by atoms with Crippen molar-refractivity contribution in [2.75, 3.05) is 0 Å². The Labute approximate surface area is 57.5 Å². The van der Waals surface area contributed by atoms with Crippen LogP contribution in [0.2, 0.25) is 0 Å². The number of hydrogen-bond acceptors (Lipinski definition) is 0. The van der Waals surface area contributed by atoms with Crippen molar-refractivity contribution in [2.24, 2.45) is 0 Å². The van der Waals surface area contributed by atoms with Crippen molar-refractivity contribution in [3.8, 4) is 0 Å². The van der Waals surface area contributed by atoms with Crippen LogP contribution in [0.15, 0.2) is 0 Å². The molecule has 0 rings (SSSR count). The van der Waals surface area contributed by atoms with Gasteiger partial charge in [-0.05, 0) is 0 Å². The van der Waals surface area contributed by atoms with Crippen LogP contribution in [0, 0.1) is 0 Å². The quantitative estimate of drug-likeness (QED) is 0.380. The molecule has 0 saturated carbocycles. The van der Waals surface area contributed by atoms with Crippen LogP contribution in [0.5, 0.6) is 0 Å². The van der Waals surface area contributed by atoms with Crippen LogP contribution < -0.4 is 0 Å². The van der Waals surface area contributed by atoms with Gasteiger partial charge in [0.1, 0.15) is 0 Å². The van der Waals surface area contributed by atoms with Crippen LogP contribution >= 0.6 is 0 Å². The Morgan fingerprint density at radius 1 is 1.00 bits per heavy atom. The van der Waals surface area contributed by atoms with Gasteiger partial charge in [0.2, 0.25) is 0 Å². The molecule has 0 fully saturated rings. The third kappa shape index (κ3) is 9.59. The fraction of sp³-hybridized carbons (Fsp3) is 0. The van der Waals surface area contributed by atoms with Gasteiger partial charge < -0.3 is 5.48 Å². The first-order chi connectivity index (χ1) is 0. The molecular formula is H2CoLiNiO. The SMILES string of the molecule is O.[Co].[Li].[Ni]. The second-order valence-corrected chi connectivity index (χ2v) is 0. The van der Waals surface area contributed by atoms with E-state index in [9.17, 15) is 0 Å². The van der Waals surface area contributed by atoms with Crippen LogP contribution in [0.4, 0.5) is 0 Å². The molecule has 2 radical (unpaired) electrons. The molecule has 0 aromatic rings. The van der Waals surface area contributed by atoms with Gasteiger partial charge in [0.15, 0.2) is 0 Å². The summed E-state index contributed by atoms with van der Waals surface area (Å²) in [5.74, 6) is 0. The van der Waals surface area contributed by atoms with Gasteiger partial charge in [-0.15, -0.1) is 0 Å². The Balaban J connectivity index is 0. The maximum atomic E-state index is 0. The van der Waals surface area contributed by atoms with E-state index < -0.39 is 0 Å². The molecule has 0 heterocycles. The van der Waals surface area contributed by atoms with Crippen molar-refractivity contribution in [2.45, 2.75) is 0 Å². The Morgan fingerprint density at radius 3 is 1.00 bits per heavy atom. The summed E-state index contributed by atoms with van der Waals surface area (Å²) in [6.07, 6.45) is 0. The second-order valence-electron chi connectivity index (χ2n) is 0. The van der Waals surface area contributed by atoms with E-state index in [1.807, 2.05) is 0 Å². The van der Waals surface area contributed by atoms with Gasteiger partial charge in [-0.3, -0.25) is 0 Å². The molecule has 0 saturated heterocycles. The van der Waals surface area contributed by atoms with Crippen molar-refractivity contribution >= 4 is 18.9 Å². The molecule has 1 nitrogen and oxygen atoms in total.